The molecule has 2 aromatic heterocycles. The van der Waals surface area contributed by atoms with Crippen molar-refractivity contribution in [3.8, 4) is 5.69 Å². The van der Waals surface area contributed by atoms with Crippen molar-refractivity contribution in [3.05, 3.63) is 78.7 Å². The molecule has 140 valence electrons. The molecule has 4 aromatic rings. The highest BCUT2D eigenvalue weighted by atomic mass is 16.3. The van der Waals surface area contributed by atoms with Gasteiger partial charge in [-0.2, -0.15) is 0 Å². The topological polar surface area (TPSA) is 64.2 Å². The Kier molecular flexibility index (Phi) is 4.16. The molecule has 1 aliphatic heterocycles. The molecule has 5 rings (SSSR count). The minimum absolute atomic E-state index is 0.0119. The largest absolute Gasteiger partial charge is 0.440 e. The third-order valence-corrected chi connectivity index (χ3v) is 5.26. The number of benzene rings is 2. The van der Waals surface area contributed by atoms with Gasteiger partial charge in [0.15, 0.2) is 11.5 Å². The van der Waals surface area contributed by atoms with Crippen molar-refractivity contribution in [1.82, 2.24) is 19.4 Å². The summed E-state index contributed by atoms with van der Waals surface area (Å²) in [6, 6.07) is 17.6. The minimum atomic E-state index is -0.0119. The van der Waals surface area contributed by atoms with Crippen LogP contribution in [0.2, 0.25) is 0 Å². The smallest absolute Gasteiger partial charge is 0.272 e. The number of hydrogen-bond donors (Lipinski definition) is 0. The van der Waals surface area contributed by atoms with Gasteiger partial charge in [-0.25, -0.2) is 9.97 Å². The molecule has 6 heteroatoms. The number of piperidine rings is 1. The number of rotatable bonds is 3. The molecule has 0 aliphatic carbocycles. The first-order chi connectivity index (χ1) is 13.8. The zero-order valence-electron chi connectivity index (χ0n) is 15.4. The third-order valence-electron chi connectivity index (χ3n) is 5.26. The minimum Gasteiger partial charge on any atom is -0.440 e. The number of carbonyl (C=O) groups excluding carboxylic acids is 1. The Morgan fingerprint density at radius 1 is 1.07 bits per heavy atom. The fourth-order valence-corrected chi connectivity index (χ4v) is 3.84. The predicted molar refractivity (Wildman–Crippen MR) is 105 cm³/mol. The van der Waals surface area contributed by atoms with E-state index in [1.807, 2.05) is 64.1 Å². The highest BCUT2D eigenvalue weighted by Crippen LogP contribution is 2.29. The molecule has 0 radical (unpaired) electrons. The van der Waals surface area contributed by atoms with E-state index in [-0.39, 0.29) is 11.8 Å². The van der Waals surface area contributed by atoms with E-state index in [4.69, 9.17) is 4.42 Å². The van der Waals surface area contributed by atoms with Crippen LogP contribution in [0.5, 0.6) is 0 Å². The molecule has 1 atom stereocenters. The normalized spacial score (nSPS) is 17.1. The number of nitrogens with zero attached hydrogens (tertiary/aromatic N) is 4. The van der Waals surface area contributed by atoms with Crippen LogP contribution >= 0.6 is 0 Å². The predicted octanol–water partition coefficient (Wildman–Crippen LogP) is 4.03. The second-order valence-electron chi connectivity index (χ2n) is 7.09. The number of hydrogen-bond acceptors (Lipinski definition) is 4. The van der Waals surface area contributed by atoms with Crippen LogP contribution in [0, 0.1) is 0 Å². The first kappa shape index (κ1) is 16.7. The number of carbonyl (C=O) groups is 1. The highest BCUT2D eigenvalue weighted by molar-refractivity contribution is 5.93. The van der Waals surface area contributed by atoms with Crippen molar-refractivity contribution in [2.45, 2.75) is 18.8 Å². The van der Waals surface area contributed by atoms with E-state index in [0.717, 1.165) is 42.1 Å². The second kappa shape index (κ2) is 6.96. The average molecular weight is 372 g/mol. The average Bonchev–Trinajstić information content (AvgIpc) is 3.41. The van der Waals surface area contributed by atoms with Gasteiger partial charge in [0.25, 0.3) is 5.91 Å². The van der Waals surface area contributed by atoms with Crippen LogP contribution < -0.4 is 0 Å². The lowest BCUT2D eigenvalue weighted by Crippen LogP contribution is -2.39. The second-order valence-corrected chi connectivity index (χ2v) is 7.09. The number of para-hydroxylation sites is 3. The molecule has 1 saturated heterocycles. The van der Waals surface area contributed by atoms with Crippen LogP contribution in [0.3, 0.4) is 0 Å². The molecule has 1 aliphatic rings. The summed E-state index contributed by atoms with van der Waals surface area (Å²) in [7, 11) is 0. The molecule has 28 heavy (non-hydrogen) atoms. The summed E-state index contributed by atoms with van der Waals surface area (Å²) in [4.78, 5) is 23.9. The monoisotopic (exact) mass is 372 g/mol. The maximum Gasteiger partial charge on any atom is 0.272 e. The van der Waals surface area contributed by atoms with Crippen LogP contribution in [0.25, 0.3) is 16.8 Å². The molecular formula is C22H20N4O2. The number of fused-ring (bicyclic) bond motifs is 1. The van der Waals surface area contributed by atoms with Gasteiger partial charge in [0, 0.05) is 18.8 Å². The van der Waals surface area contributed by atoms with Gasteiger partial charge in [-0.15, -0.1) is 0 Å². The van der Waals surface area contributed by atoms with Gasteiger partial charge >= 0.3 is 0 Å². The SMILES string of the molecule is O=C(c1cncn1-c1ccccc1)N1CCCC(c2nc3ccccc3o2)C1. The quantitative estimate of drug-likeness (QED) is 0.545. The summed E-state index contributed by atoms with van der Waals surface area (Å²) < 4.78 is 7.79. The summed E-state index contributed by atoms with van der Waals surface area (Å²) in [6.45, 7) is 1.33. The molecular weight excluding hydrogens is 352 g/mol. The number of oxazole rings is 1. The van der Waals surface area contributed by atoms with Crippen molar-refractivity contribution < 1.29 is 9.21 Å². The zero-order valence-corrected chi connectivity index (χ0v) is 15.4. The van der Waals surface area contributed by atoms with E-state index >= 15 is 0 Å². The van der Waals surface area contributed by atoms with E-state index in [1.165, 1.54) is 0 Å². The van der Waals surface area contributed by atoms with Crippen LogP contribution in [-0.4, -0.2) is 38.4 Å². The lowest BCUT2D eigenvalue weighted by Gasteiger charge is -2.31. The summed E-state index contributed by atoms with van der Waals surface area (Å²) >= 11 is 0. The maximum absolute atomic E-state index is 13.2. The third kappa shape index (κ3) is 2.97. The van der Waals surface area contributed by atoms with Gasteiger partial charge in [-0.05, 0) is 37.1 Å². The molecule has 1 amide bonds. The van der Waals surface area contributed by atoms with Crippen molar-refractivity contribution >= 4 is 17.0 Å². The Balaban J connectivity index is 1.40. The molecule has 6 nitrogen and oxygen atoms in total. The van der Waals surface area contributed by atoms with Gasteiger partial charge in [0.05, 0.1) is 18.4 Å². The van der Waals surface area contributed by atoms with Gasteiger partial charge in [-0.1, -0.05) is 30.3 Å². The summed E-state index contributed by atoms with van der Waals surface area (Å²) in [5.41, 5.74) is 3.16. The molecule has 2 aromatic carbocycles. The van der Waals surface area contributed by atoms with Gasteiger partial charge in [0.1, 0.15) is 11.2 Å². The van der Waals surface area contributed by atoms with Crippen LogP contribution in [0.1, 0.15) is 35.1 Å². The van der Waals surface area contributed by atoms with Crippen molar-refractivity contribution in [3.63, 3.8) is 0 Å². The van der Waals surface area contributed by atoms with Crippen molar-refractivity contribution in [2.24, 2.45) is 0 Å². The number of amides is 1. The molecule has 3 heterocycles. The number of imidazole rings is 1. The first-order valence-electron chi connectivity index (χ1n) is 9.52. The van der Waals surface area contributed by atoms with Gasteiger partial charge in [-0.3, -0.25) is 9.36 Å². The van der Waals surface area contributed by atoms with Gasteiger partial charge in [0.2, 0.25) is 0 Å². The molecule has 0 saturated carbocycles. The lowest BCUT2D eigenvalue weighted by molar-refractivity contribution is 0.0691. The Morgan fingerprint density at radius 3 is 2.75 bits per heavy atom. The van der Waals surface area contributed by atoms with E-state index < -0.39 is 0 Å². The fourth-order valence-electron chi connectivity index (χ4n) is 3.84. The zero-order chi connectivity index (χ0) is 18.9. The molecule has 0 spiro atoms. The Bertz CT molecular complexity index is 1080. The summed E-state index contributed by atoms with van der Waals surface area (Å²) in [6.07, 6.45) is 5.21. The number of likely N-dealkylation sites (tertiary alicyclic amines) is 1. The highest BCUT2D eigenvalue weighted by Gasteiger charge is 2.30. The molecule has 1 fully saturated rings. The van der Waals surface area contributed by atoms with Gasteiger partial charge < -0.3 is 9.32 Å². The fraction of sp³-hybridized carbons (Fsp3) is 0.227. The van der Waals surface area contributed by atoms with Crippen LogP contribution in [0.4, 0.5) is 0 Å². The van der Waals surface area contributed by atoms with Crippen LogP contribution in [0.15, 0.2) is 71.5 Å². The first-order valence-corrected chi connectivity index (χ1v) is 9.52. The maximum atomic E-state index is 13.2. The standard InChI is InChI=1S/C22H20N4O2/c27-22(19-13-23-15-26(19)17-8-2-1-3-9-17)25-12-6-7-16(14-25)21-24-18-10-4-5-11-20(18)28-21/h1-5,8-11,13,15-16H,6-7,12,14H2. The van der Waals surface area contributed by atoms with Crippen molar-refractivity contribution in [2.75, 3.05) is 13.1 Å². The summed E-state index contributed by atoms with van der Waals surface area (Å²) in [5.74, 6) is 0.815. The lowest BCUT2D eigenvalue weighted by atomic mass is 9.97. The van der Waals surface area contributed by atoms with E-state index in [1.54, 1.807) is 12.5 Å². The Labute approximate surface area is 162 Å². The molecule has 0 N–H and O–H groups in total. The van der Waals surface area contributed by atoms with E-state index in [2.05, 4.69) is 9.97 Å². The number of aromatic nitrogens is 3. The van der Waals surface area contributed by atoms with Crippen molar-refractivity contribution in [1.29, 1.82) is 0 Å². The summed E-state index contributed by atoms with van der Waals surface area (Å²) in [5, 5.41) is 0. The Morgan fingerprint density at radius 2 is 1.89 bits per heavy atom. The Hall–Kier alpha value is -3.41. The van der Waals surface area contributed by atoms with E-state index in [0.29, 0.717) is 12.2 Å². The van der Waals surface area contributed by atoms with E-state index in [9.17, 15) is 4.79 Å². The van der Waals surface area contributed by atoms with Crippen LogP contribution in [-0.2, 0) is 0 Å². The molecule has 0 bridgehead atoms. The molecule has 1 unspecified atom stereocenters.